The average molecular weight is 230 g/mol. The fourth-order valence-electron chi connectivity index (χ4n) is 3.27. The van der Waals surface area contributed by atoms with Crippen LogP contribution in [0.15, 0.2) is 18.2 Å². The van der Waals surface area contributed by atoms with Crippen LogP contribution < -0.4 is 5.73 Å². The lowest BCUT2D eigenvalue weighted by molar-refractivity contribution is 0.215. The first-order valence-electron chi connectivity index (χ1n) is 6.80. The van der Waals surface area contributed by atoms with Crippen molar-refractivity contribution in [2.24, 2.45) is 5.41 Å². The van der Waals surface area contributed by atoms with Crippen LogP contribution in [0.5, 0.6) is 0 Å². The zero-order valence-corrected chi connectivity index (χ0v) is 10.7. The van der Waals surface area contributed by atoms with E-state index in [2.05, 4.69) is 24.0 Å². The highest BCUT2D eigenvalue weighted by atomic mass is 15.2. The Morgan fingerprint density at radius 2 is 2.00 bits per heavy atom. The third kappa shape index (κ3) is 2.19. The number of anilines is 1. The van der Waals surface area contributed by atoms with Gasteiger partial charge in [0, 0.05) is 25.3 Å². The molecule has 92 valence electrons. The largest absolute Gasteiger partial charge is 0.399 e. The van der Waals surface area contributed by atoms with Crippen LogP contribution in [0.3, 0.4) is 0 Å². The summed E-state index contributed by atoms with van der Waals surface area (Å²) < 4.78 is 0. The number of rotatable bonds is 4. The lowest BCUT2D eigenvalue weighted by Crippen LogP contribution is -2.25. The Morgan fingerprint density at radius 1 is 1.24 bits per heavy atom. The van der Waals surface area contributed by atoms with Gasteiger partial charge >= 0.3 is 0 Å². The molecule has 3 rings (SSSR count). The van der Waals surface area contributed by atoms with Crippen molar-refractivity contribution < 1.29 is 0 Å². The molecule has 1 aliphatic carbocycles. The van der Waals surface area contributed by atoms with E-state index in [0.717, 1.165) is 18.8 Å². The molecule has 0 unspecified atom stereocenters. The van der Waals surface area contributed by atoms with E-state index in [0.29, 0.717) is 5.41 Å². The van der Waals surface area contributed by atoms with E-state index in [1.54, 1.807) is 0 Å². The quantitative estimate of drug-likeness (QED) is 0.805. The fourth-order valence-corrected chi connectivity index (χ4v) is 3.27. The van der Waals surface area contributed by atoms with E-state index in [9.17, 15) is 0 Å². The number of benzene rings is 1. The van der Waals surface area contributed by atoms with Crippen LogP contribution in [0.1, 0.15) is 43.7 Å². The molecule has 0 saturated heterocycles. The predicted molar refractivity (Wildman–Crippen MR) is 71.5 cm³/mol. The van der Waals surface area contributed by atoms with E-state index in [4.69, 9.17) is 5.73 Å². The first-order valence-corrected chi connectivity index (χ1v) is 6.80. The topological polar surface area (TPSA) is 29.3 Å². The Kier molecular flexibility index (Phi) is 2.62. The van der Waals surface area contributed by atoms with E-state index < -0.39 is 0 Å². The van der Waals surface area contributed by atoms with Crippen molar-refractivity contribution in [3.8, 4) is 0 Å². The molecule has 1 fully saturated rings. The monoisotopic (exact) mass is 230 g/mol. The van der Waals surface area contributed by atoms with Crippen LogP contribution in [0.2, 0.25) is 0 Å². The second kappa shape index (κ2) is 4.02. The van der Waals surface area contributed by atoms with Crippen molar-refractivity contribution in [2.45, 2.75) is 45.7 Å². The molecule has 1 saturated carbocycles. The summed E-state index contributed by atoms with van der Waals surface area (Å²) in [6.45, 7) is 5.82. The molecule has 1 heterocycles. The number of nitrogens with zero attached hydrogens (tertiary/aromatic N) is 1. The molecule has 0 radical (unpaired) electrons. The van der Waals surface area contributed by atoms with Crippen molar-refractivity contribution >= 4 is 5.69 Å². The zero-order valence-electron chi connectivity index (χ0n) is 10.7. The van der Waals surface area contributed by atoms with E-state index in [-0.39, 0.29) is 0 Å². The van der Waals surface area contributed by atoms with Crippen LogP contribution >= 0.6 is 0 Å². The lowest BCUT2D eigenvalue weighted by Gasteiger charge is -2.22. The molecule has 1 aromatic rings. The second-order valence-electron chi connectivity index (χ2n) is 5.92. The first-order chi connectivity index (χ1) is 8.21. The minimum absolute atomic E-state index is 0.669. The van der Waals surface area contributed by atoms with Crippen molar-refractivity contribution in [3.63, 3.8) is 0 Å². The molecule has 0 spiro atoms. The molecule has 2 heteroatoms. The van der Waals surface area contributed by atoms with Gasteiger partial charge in [0.2, 0.25) is 0 Å². The van der Waals surface area contributed by atoms with E-state index in [1.165, 1.54) is 43.4 Å². The Labute approximate surface area is 104 Å². The second-order valence-corrected chi connectivity index (χ2v) is 5.92. The Balaban J connectivity index is 1.66. The van der Waals surface area contributed by atoms with Gasteiger partial charge in [0.15, 0.2) is 0 Å². The van der Waals surface area contributed by atoms with Gasteiger partial charge < -0.3 is 5.73 Å². The predicted octanol–water partition coefficient (Wildman–Crippen LogP) is 3.16. The highest BCUT2D eigenvalue weighted by Gasteiger charge is 2.43. The summed E-state index contributed by atoms with van der Waals surface area (Å²) in [7, 11) is 0. The van der Waals surface area contributed by atoms with Crippen LogP contribution in [-0.4, -0.2) is 11.4 Å². The van der Waals surface area contributed by atoms with Gasteiger partial charge in [0.1, 0.15) is 0 Å². The van der Waals surface area contributed by atoms with Crippen LogP contribution in [0.4, 0.5) is 5.69 Å². The third-order valence-corrected chi connectivity index (χ3v) is 4.31. The summed E-state index contributed by atoms with van der Waals surface area (Å²) in [5, 5.41) is 0. The van der Waals surface area contributed by atoms with Gasteiger partial charge in [-0.3, -0.25) is 4.90 Å². The minimum atomic E-state index is 0.669. The van der Waals surface area contributed by atoms with Crippen molar-refractivity contribution in [1.82, 2.24) is 4.90 Å². The lowest BCUT2D eigenvalue weighted by atomic mass is 10.0. The maximum Gasteiger partial charge on any atom is 0.0317 e. The van der Waals surface area contributed by atoms with Gasteiger partial charge in [-0.15, -0.1) is 0 Å². The van der Waals surface area contributed by atoms with Gasteiger partial charge in [-0.1, -0.05) is 19.4 Å². The summed E-state index contributed by atoms with van der Waals surface area (Å²) in [5.41, 5.74) is 10.3. The first kappa shape index (κ1) is 11.1. The molecular weight excluding hydrogens is 208 g/mol. The minimum Gasteiger partial charge on any atom is -0.399 e. The Hall–Kier alpha value is -1.02. The number of nitrogen functional groups attached to an aromatic ring is 1. The van der Waals surface area contributed by atoms with Crippen LogP contribution in [0, 0.1) is 5.41 Å². The van der Waals surface area contributed by atoms with Gasteiger partial charge in [0.05, 0.1) is 0 Å². The highest BCUT2D eigenvalue weighted by molar-refractivity contribution is 5.46. The van der Waals surface area contributed by atoms with Gasteiger partial charge in [-0.05, 0) is 47.9 Å². The van der Waals surface area contributed by atoms with E-state index in [1.807, 2.05) is 6.07 Å². The summed E-state index contributed by atoms with van der Waals surface area (Å²) in [6.07, 6.45) is 5.61. The molecule has 2 N–H and O–H groups in total. The van der Waals surface area contributed by atoms with Gasteiger partial charge in [-0.25, -0.2) is 0 Å². The molecule has 0 bridgehead atoms. The number of hydrogen-bond donors (Lipinski definition) is 1. The summed E-state index contributed by atoms with van der Waals surface area (Å²) in [4.78, 5) is 2.60. The van der Waals surface area contributed by atoms with E-state index >= 15 is 0 Å². The van der Waals surface area contributed by atoms with Crippen LogP contribution in [0.25, 0.3) is 0 Å². The average Bonchev–Trinajstić information content (AvgIpc) is 2.90. The molecule has 0 aromatic heterocycles. The van der Waals surface area contributed by atoms with Crippen molar-refractivity contribution in [2.75, 3.05) is 12.3 Å². The molecule has 1 aliphatic heterocycles. The third-order valence-electron chi connectivity index (χ3n) is 4.31. The Morgan fingerprint density at radius 3 is 2.71 bits per heavy atom. The van der Waals surface area contributed by atoms with Gasteiger partial charge in [0.25, 0.3) is 0 Å². The maximum absolute atomic E-state index is 5.85. The fraction of sp³-hybridized carbons (Fsp3) is 0.600. The summed E-state index contributed by atoms with van der Waals surface area (Å²) >= 11 is 0. The molecule has 17 heavy (non-hydrogen) atoms. The Bertz CT molecular complexity index is 421. The van der Waals surface area contributed by atoms with Gasteiger partial charge in [-0.2, -0.15) is 0 Å². The smallest absolute Gasteiger partial charge is 0.0317 e. The number of fused-ring (bicyclic) bond motifs is 1. The normalized spacial score (nSPS) is 21.5. The maximum atomic E-state index is 5.85. The molecule has 0 amide bonds. The summed E-state index contributed by atoms with van der Waals surface area (Å²) in [6, 6.07) is 6.38. The summed E-state index contributed by atoms with van der Waals surface area (Å²) in [5.74, 6) is 0. The molecule has 1 aromatic carbocycles. The zero-order chi connectivity index (χ0) is 11.9. The number of nitrogens with two attached hydrogens (primary N) is 1. The molecule has 0 atom stereocenters. The van der Waals surface area contributed by atoms with Crippen LogP contribution in [-0.2, 0) is 13.1 Å². The molecule has 2 aliphatic rings. The van der Waals surface area contributed by atoms with Crippen molar-refractivity contribution in [3.05, 3.63) is 29.3 Å². The molecule has 2 nitrogen and oxygen atoms in total. The number of hydrogen-bond acceptors (Lipinski definition) is 2. The molecular formula is C15H22N2. The SMILES string of the molecule is CCCC1(CN2Cc3ccc(N)cc3C2)CC1. The highest BCUT2D eigenvalue weighted by Crippen LogP contribution is 2.50. The van der Waals surface area contributed by atoms with Crippen molar-refractivity contribution in [1.29, 1.82) is 0 Å². The standard InChI is InChI=1S/C15H22N2/c1-2-5-15(6-7-15)11-17-9-12-3-4-14(16)8-13(12)10-17/h3-4,8H,2,5-7,9-11,16H2,1H3.